The molecular formula is C14H17ClN2O6. The Balaban J connectivity index is 3.13. The van der Waals surface area contributed by atoms with Gasteiger partial charge in [-0.15, -0.1) is 0 Å². The highest BCUT2D eigenvalue weighted by Gasteiger charge is 2.28. The Morgan fingerprint density at radius 1 is 1.35 bits per heavy atom. The molecule has 0 spiro atoms. The van der Waals surface area contributed by atoms with E-state index in [2.05, 4.69) is 10.1 Å². The number of nitrogens with one attached hydrogen (secondary N) is 1. The number of rotatable bonds is 5. The summed E-state index contributed by atoms with van der Waals surface area (Å²) in [6.45, 7) is 4.73. The van der Waals surface area contributed by atoms with Gasteiger partial charge in [0.05, 0.1) is 17.1 Å². The molecule has 0 radical (unpaired) electrons. The lowest BCUT2D eigenvalue weighted by Gasteiger charge is -2.20. The summed E-state index contributed by atoms with van der Waals surface area (Å²) in [5.41, 5.74) is -1.67. The maximum atomic E-state index is 11.7. The molecule has 0 aromatic heterocycles. The van der Waals surface area contributed by atoms with Crippen molar-refractivity contribution in [3.8, 4) is 0 Å². The van der Waals surface area contributed by atoms with Crippen LogP contribution in [0.25, 0.3) is 0 Å². The predicted molar refractivity (Wildman–Crippen MR) is 83.8 cm³/mol. The van der Waals surface area contributed by atoms with Crippen LogP contribution in [0.5, 0.6) is 0 Å². The van der Waals surface area contributed by atoms with Crippen molar-refractivity contribution in [1.82, 2.24) is 0 Å². The van der Waals surface area contributed by atoms with Gasteiger partial charge in [-0.1, -0.05) is 11.6 Å². The minimum absolute atomic E-state index is 0.00656. The molecule has 0 aliphatic heterocycles. The van der Waals surface area contributed by atoms with Gasteiger partial charge in [0.25, 0.3) is 0 Å². The van der Waals surface area contributed by atoms with E-state index in [4.69, 9.17) is 16.3 Å². The number of ether oxygens (including phenoxy) is 2. The standard InChI is InChI=1S/C14H17ClN2O6/c1-14(2,3)23-10(18)7-16-11-9(15)6-5-8(13(19)22-4)12(11)17(20)21/h5-6,16H,7H2,1-4H3. The fraction of sp³-hybridized carbons (Fsp3) is 0.429. The zero-order chi connectivity index (χ0) is 17.8. The molecule has 8 nitrogen and oxygen atoms in total. The van der Waals surface area contributed by atoms with Crippen molar-refractivity contribution in [2.24, 2.45) is 0 Å². The van der Waals surface area contributed by atoms with Crippen LogP contribution in [0.1, 0.15) is 31.1 Å². The number of carbonyl (C=O) groups is 2. The lowest BCUT2D eigenvalue weighted by atomic mass is 10.1. The third kappa shape index (κ3) is 5.10. The number of nitrogens with zero attached hydrogens (tertiary/aromatic N) is 1. The predicted octanol–water partition coefficient (Wildman–Crippen LogP) is 2.79. The van der Waals surface area contributed by atoms with Crippen LogP contribution in [-0.4, -0.2) is 36.1 Å². The summed E-state index contributed by atoms with van der Waals surface area (Å²) in [6.07, 6.45) is 0. The largest absolute Gasteiger partial charge is 0.465 e. The Hall–Kier alpha value is -2.35. The molecule has 126 valence electrons. The van der Waals surface area contributed by atoms with Gasteiger partial charge < -0.3 is 14.8 Å². The second kappa shape index (κ2) is 7.28. The number of halogens is 1. The van der Waals surface area contributed by atoms with Crippen LogP contribution in [0.3, 0.4) is 0 Å². The number of esters is 2. The molecule has 0 saturated heterocycles. The van der Waals surface area contributed by atoms with Gasteiger partial charge in [0.2, 0.25) is 0 Å². The van der Waals surface area contributed by atoms with E-state index in [1.54, 1.807) is 20.8 Å². The first-order valence-corrected chi connectivity index (χ1v) is 6.95. The summed E-state index contributed by atoms with van der Waals surface area (Å²) >= 11 is 5.94. The molecular weight excluding hydrogens is 328 g/mol. The number of benzene rings is 1. The summed E-state index contributed by atoms with van der Waals surface area (Å²) in [5.74, 6) is -1.50. The van der Waals surface area contributed by atoms with Gasteiger partial charge in [-0.05, 0) is 32.9 Å². The lowest BCUT2D eigenvalue weighted by Crippen LogP contribution is -2.28. The monoisotopic (exact) mass is 344 g/mol. The number of nitro benzene ring substituents is 1. The van der Waals surface area contributed by atoms with E-state index >= 15 is 0 Å². The van der Waals surface area contributed by atoms with Crippen molar-refractivity contribution in [2.75, 3.05) is 19.0 Å². The van der Waals surface area contributed by atoms with Crippen molar-refractivity contribution < 1.29 is 24.0 Å². The van der Waals surface area contributed by atoms with Gasteiger partial charge in [-0.3, -0.25) is 14.9 Å². The Kier molecular flexibility index (Phi) is 5.91. The molecule has 1 N–H and O–H groups in total. The molecule has 1 rings (SSSR count). The average molecular weight is 345 g/mol. The number of carbonyl (C=O) groups excluding carboxylic acids is 2. The number of hydrogen-bond donors (Lipinski definition) is 1. The summed E-state index contributed by atoms with van der Waals surface area (Å²) in [7, 11) is 1.11. The second-order valence-corrected chi connectivity index (χ2v) is 5.91. The summed E-state index contributed by atoms with van der Waals surface area (Å²) < 4.78 is 9.60. The van der Waals surface area contributed by atoms with Crippen molar-refractivity contribution in [3.63, 3.8) is 0 Å². The first-order valence-electron chi connectivity index (χ1n) is 6.57. The van der Waals surface area contributed by atoms with Gasteiger partial charge in [-0.25, -0.2) is 4.79 Å². The normalized spacial score (nSPS) is 10.8. The molecule has 0 aliphatic carbocycles. The highest BCUT2D eigenvalue weighted by molar-refractivity contribution is 6.34. The van der Waals surface area contributed by atoms with E-state index in [1.165, 1.54) is 12.1 Å². The fourth-order valence-electron chi connectivity index (χ4n) is 1.74. The van der Waals surface area contributed by atoms with Gasteiger partial charge in [0.1, 0.15) is 23.4 Å². The minimum atomic E-state index is -0.881. The molecule has 9 heteroatoms. The molecule has 0 bridgehead atoms. The van der Waals surface area contributed by atoms with Crippen molar-refractivity contribution in [2.45, 2.75) is 26.4 Å². The minimum Gasteiger partial charge on any atom is -0.465 e. The number of methoxy groups -OCH3 is 1. The van der Waals surface area contributed by atoms with Crippen LogP contribution in [0.4, 0.5) is 11.4 Å². The number of hydrogen-bond acceptors (Lipinski definition) is 7. The van der Waals surface area contributed by atoms with E-state index < -0.39 is 28.2 Å². The summed E-state index contributed by atoms with van der Waals surface area (Å²) in [6, 6.07) is 2.49. The van der Waals surface area contributed by atoms with Crippen molar-refractivity contribution in [3.05, 3.63) is 32.8 Å². The van der Waals surface area contributed by atoms with E-state index in [-0.39, 0.29) is 22.8 Å². The fourth-order valence-corrected chi connectivity index (χ4v) is 1.96. The van der Waals surface area contributed by atoms with Crippen LogP contribution in [0, 0.1) is 10.1 Å². The van der Waals surface area contributed by atoms with Gasteiger partial charge in [-0.2, -0.15) is 0 Å². The SMILES string of the molecule is COC(=O)c1ccc(Cl)c(NCC(=O)OC(C)(C)C)c1[N+](=O)[O-]. The molecule has 0 aliphatic rings. The molecule has 0 heterocycles. The molecule has 0 amide bonds. The van der Waals surface area contributed by atoms with Crippen LogP contribution < -0.4 is 5.32 Å². The second-order valence-electron chi connectivity index (χ2n) is 5.51. The highest BCUT2D eigenvalue weighted by atomic mass is 35.5. The Labute approximate surface area is 137 Å². The topological polar surface area (TPSA) is 108 Å². The smallest absolute Gasteiger partial charge is 0.344 e. The van der Waals surface area contributed by atoms with Gasteiger partial charge in [0.15, 0.2) is 0 Å². The zero-order valence-corrected chi connectivity index (χ0v) is 13.9. The van der Waals surface area contributed by atoms with E-state index in [0.29, 0.717) is 0 Å². The van der Waals surface area contributed by atoms with Gasteiger partial charge in [0, 0.05) is 0 Å². The Morgan fingerprint density at radius 3 is 2.43 bits per heavy atom. The first kappa shape index (κ1) is 18.7. The molecule has 1 aromatic rings. The average Bonchev–Trinajstić information content (AvgIpc) is 2.42. The summed E-state index contributed by atoms with van der Waals surface area (Å²) in [5, 5.41) is 13.8. The van der Waals surface area contributed by atoms with E-state index in [1.807, 2.05) is 0 Å². The first-order chi connectivity index (χ1) is 10.6. The Morgan fingerprint density at radius 2 is 1.96 bits per heavy atom. The van der Waals surface area contributed by atoms with Crippen LogP contribution in [-0.2, 0) is 14.3 Å². The molecule has 0 unspecified atom stereocenters. The number of nitro groups is 1. The highest BCUT2D eigenvalue weighted by Crippen LogP contribution is 2.35. The van der Waals surface area contributed by atoms with E-state index in [0.717, 1.165) is 7.11 Å². The molecule has 23 heavy (non-hydrogen) atoms. The molecule has 0 fully saturated rings. The number of anilines is 1. The van der Waals surface area contributed by atoms with Crippen LogP contribution in [0.15, 0.2) is 12.1 Å². The maximum Gasteiger partial charge on any atom is 0.344 e. The third-order valence-corrected chi connectivity index (χ3v) is 2.86. The summed E-state index contributed by atoms with van der Waals surface area (Å²) in [4.78, 5) is 33.9. The zero-order valence-electron chi connectivity index (χ0n) is 13.1. The van der Waals surface area contributed by atoms with Crippen LogP contribution >= 0.6 is 11.6 Å². The maximum absolute atomic E-state index is 11.7. The Bertz CT molecular complexity index is 639. The molecule has 0 saturated carbocycles. The molecule has 1 aromatic carbocycles. The van der Waals surface area contributed by atoms with E-state index in [9.17, 15) is 19.7 Å². The third-order valence-electron chi connectivity index (χ3n) is 2.54. The van der Waals surface area contributed by atoms with Crippen molar-refractivity contribution >= 4 is 34.9 Å². The van der Waals surface area contributed by atoms with Crippen LogP contribution in [0.2, 0.25) is 5.02 Å². The molecule has 0 atom stereocenters. The quantitative estimate of drug-likeness (QED) is 0.497. The van der Waals surface area contributed by atoms with Crippen molar-refractivity contribution in [1.29, 1.82) is 0 Å². The lowest BCUT2D eigenvalue weighted by molar-refractivity contribution is -0.384. The van der Waals surface area contributed by atoms with Gasteiger partial charge >= 0.3 is 17.6 Å².